The fourth-order valence-electron chi connectivity index (χ4n) is 8.66. The molecule has 0 aliphatic carbocycles. The maximum Gasteiger partial charge on any atom is 0.306 e. The molecule has 0 saturated carbocycles. The zero-order chi connectivity index (χ0) is 53.6. The van der Waals surface area contributed by atoms with Gasteiger partial charge in [0.1, 0.15) is 13.2 Å². The Bertz CT molecular complexity index is 1460. The van der Waals surface area contributed by atoms with Crippen LogP contribution >= 0.6 is 0 Å². The molecule has 0 aliphatic rings. The molecule has 0 aromatic carbocycles. The van der Waals surface area contributed by atoms with Crippen LogP contribution in [0, 0.1) is 0 Å². The van der Waals surface area contributed by atoms with Gasteiger partial charge in [0.05, 0.1) is 0 Å². The standard InChI is InChI=1S/C68H116O6/c1-4-7-10-13-16-18-20-22-24-26-28-30-32-33-34-35-37-38-40-42-44-46-48-50-52-55-58-61-67(70)73-64-65(63-72-66(69)60-57-54-15-12-9-6-3)74-68(71)62-59-56-53-51-49-47-45-43-41-39-36-31-29-27-25-23-21-19-17-14-11-8-5-2/h8,11,17,19,23,25-26,28-29,31,39,41,45,47,51,53,65H,4-7,9-10,12-16,18,20-22,24,27,30,32-38,40,42-44,46,48-50,52,54-64H2,1-3H3/b11-8-,19-17-,25-23-,28-26-,31-29-,41-39-,47-45-,53-51-. The molecule has 74 heavy (non-hydrogen) atoms. The summed E-state index contributed by atoms with van der Waals surface area (Å²) in [6.07, 6.45) is 83.2. The van der Waals surface area contributed by atoms with Crippen LogP contribution in [-0.2, 0) is 28.6 Å². The lowest BCUT2D eigenvalue weighted by atomic mass is 10.0. The van der Waals surface area contributed by atoms with Gasteiger partial charge < -0.3 is 14.2 Å². The third-order valence-corrected chi connectivity index (χ3v) is 13.3. The maximum atomic E-state index is 12.8. The molecule has 0 aromatic heterocycles. The Morgan fingerprint density at radius 2 is 0.541 bits per heavy atom. The first kappa shape index (κ1) is 70.3. The average molecular weight is 1030 g/mol. The van der Waals surface area contributed by atoms with Crippen LogP contribution in [-0.4, -0.2) is 37.2 Å². The molecule has 6 heteroatoms. The van der Waals surface area contributed by atoms with Gasteiger partial charge in [-0.3, -0.25) is 14.4 Å². The predicted octanol–water partition coefficient (Wildman–Crippen LogP) is 21.3. The molecule has 0 aliphatic heterocycles. The second-order valence-electron chi connectivity index (χ2n) is 20.6. The van der Waals surface area contributed by atoms with E-state index in [4.69, 9.17) is 14.2 Å². The van der Waals surface area contributed by atoms with Crippen molar-refractivity contribution < 1.29 is 28.6 Å². The van der Waals surface area contributed by atoms with Crippen LogP contribution in [0.5, 0.6) is 0 Å². The van der Waals surface area contributed by atoms with Crippen LogP contribution in [0.3, 0.4) is 0 Å². The van der Waals surface area contributed by atoms with Crippen molar-refractivity contribution in [3.8, 4) is 0 Å². The fraction of sp³-hybridized carbons (Fsp3) is 0.721. The van der Waals surface area contributed by atoms with Gasteiger partial charge in [-0.2, -0.15) is 0 Å². The summed E-state index contributed by atoms with van der Waals surface area (Å²) >= 11 is 0. The Labute approximate surface area is 457 Å². The lowest BCUT2D eigenvalue weighted by Gasteiger charge is -2.18. The normalized spacial score (nSPS) is 12.7. The summed E-state index contributed by atoms with van der Waals surface area (Å²) in [6.45, 7) is 6.44. The number of carbonyl (C=O) groups is 3. The molecule has 0 bridgehead atoms. The third kappa shape index (κ3) is 59.2. The van der Waals surface area contributed by atoms with Crippen LogP contribution in [0.25, 0.3) is 0 Å². The Hall–Kier alpha value is -3.67. The number of hydrogen-bond donors (Lipinski definition) is 0. The van der Waals surface area contributed by atoms with Crippen LogP contribution in [0.1, 0.15) is 297 Å². The minimum atomic E-state index is -0.805. The van der Waals surface area contributed by atoms with Crippen molar-refractivity contribution in [2.24, 2.45) is 0 Å². The highest BCUT2D eigenvalue weighted by molar-refractivity contribution is 5.71. The number of rotatable bonds is 56. The minimum Gasteiger partial charge on any atom is -0.462 e. The number of unbranched alkanes of at least 4 members (excludes halogenated alkanes) is 29. The third-order valence-electron chi connectivity index (χ3n) is 13.3. The Kier molecular flexibility index (Phi) is 58.8. The predicted molar refractivity (Wildman–Crippen MR) is 320 cm³/mol. The molecule has 1 atom stereocenters. The zero-order valence-corrected chi connectivity index (χ0v) is 48.6. The first-order chi connectivity index (χ1) is 36.5. The SMILES string of the molecule is CC/C=C\C/C=C\C/C=C\C/C=C\C/C=C\C/C=C\C/C=C\CCCC(=O)OC(COC(=O)CCCCCCCC)COC(=O)CCCCCCCCCCCCCCCCC/C=C\CCCCCCCCCC. The molecule has 1 unspecified atom stereocenters. The van der Waals surface area contributed by atoms with Gasteiger partial charge in [0.2, 0.25) is 0 Å². The number of esters is 3. The number of carbonyl (C=O) groups excluding carboxylic acids is 3. The summed E-state index contributed by atoms with van der Waals surface area (Å²) in [6, 6.07) is 0. The smallest absolute Gasteiger partial charge is 0.306 e. The summed E-state index contributed by atoms with van der Waals surface area (Å²) in [4.78, 5) is 37.9. The van der Waals surface area contributed by atoms with E-state index in [0.29, 0.717) is 19.3 Å². The maximum absolute atomic E-state index is 12.8. The van der Waals surface area contributed by atoms with E-state index in [2.05, 4.69) is 118 Å². The van der Waals surface area contributed by atoms with Crippen LogP contribution in [0.4, 0.5) is 0 Å². The zero-order valence-electron chi connectivity index (χ0n) is 48.6. The summed E-state index contributed by atoms with van der Waals surface area (Å²) in [5.74, 6) is -0.964. The van der Waals surface area contributed by atoms with Gasteiger partial charge in [-0.15, -0.1) is 0 Å². The van der Waals surface area contributed by atoms with Gasteiger partial charge in [0, 0.05) is 19.3 Å². The van der Waals surface area contributed by atoms with Crippen molar-refractivity contribution in [3.05, 3.63) is 97.2 Å². The molecule has 0 N–H and O–H groups in total. The van der Waals surface area contributed by atoms with Crippen molar-refractivity contribution in [1.29, 1.82) is 0 Å². The fourth-order valence-corrected chi connectivity index (χ4v) is 8.66. The molecule has 0 spiro atoms. The van der Waals surface area contributed by atoms with Crippen molar-refractivity contribution in [3.63, 3.8) is 0 Å². The minimum absolute atomic E-state index is 0.0992. The highest BCUT2D eigenvalue weighted by atomic mass is 16.6. The van der Waals surface area contributed by atoms with Gasteiger partial charge in [0.15, 0.2) is 6.10 Å². The van der Waals surface area contributed by atoms with E-state index in [1.165, 1.54) is 161 Å². The topological polar surface area (TPSA) is 78.9 Å². The van der Waals surface area contributed by atoms with E-state index < -0.39 is 6.10 Å². The number of hydrogen-bond acceptors (Lipinski definition) is 6. The Balaban J connectivity index is 4.17. The highest BCUT2D eigenvalue weighted by Crippen LogP contribution is 2.16. The lowest BCUT2D eigenvalue weighted by molar-refractivity contribution is -0.167. The van der Waals surface area contributed by atoms with Crippen LogP contribution < -0.4 is 0 Å². The van der Waals surface area contributed by atoms with Gasteiger partial charge >= 0.3 is 17.9 Å². The first-order valence-corrected chi connectivity index (χ1v) is 31.2. The second kappa shape index (κ2) is 61.9. The van der Waals surface area contributed by atoms with Crippen molar-refractivity contribution in [1.82, 2.24) is 0 Å². The summed E-state index contributed by atoms with van der Waals surface area (Å²) in [7, 11) is 0. The van der Waals surface area contributed by atoms with Gasteiger partial charge in [0.25, 0.3) is 0 Å². The molecule has 0 amide bonds. The van der Waals surface area contributed by atoms with Gasteiger partial charge in [-0.05, 0) is 96.3 Å². The second-order valence-corrected chi connectivity index (χ2v) is 20.6. The Morgan fingerprint density at radius 3 is 0.878 bits per heavy atom. The van der Waals surface area contributed by atoms with Crippen molar-refractivity contribution >= 4 is 17.9 Å². The average Bonchev–Trinajstić information content (AvgIpc) is 3.40. The van der Waals surface area contributed by atoms with Crippen LogP contribution in [0.2, 0.25) is 0 Å². The molecule has 6 nitrogen and oxygen atoms in total. The van der Waals surface area contributed by atoms with Gasteiger partial charge in [-0.1, -0.05) is 279 Å². The molecule has 0 aromatic rings. The quantitative estimate of drug-likeness (QED) is 0.0261. The van der Waals surface area contributed by atoms with E-state index >= 15 is 0 Å². The van der Waals surface area contributed by atoms with E-state index in [9.17, 15) is 14.4 Å². The molecule has 0 fully saturated rings. The largest absolute Gasteiger partial charge is 0.462 e. The summed E-state index contributed by atoms with van der Waals surface area (Å²) < 4.78 is 16.7. The molecule has 0 heterocycles. The van der Waals surface area contributed by atoms with E-state index in [-0.39, 0.29) is 37.5 Å². The molecule has 0 rings (SSSR count). The molecule has 424 valence electrons. The molecule has 0 saturated heterocycles. The van der Waals surface area contributed by atoms with E-state index in [0.717, 1.165) is 89.9 Å². The molecular formula is C68H116O6. The van der Waals surface area contributed by atoms with Gasteiger partial charge in [-0.25, -0.2) is 0 Å². The number of ether oxygens (including phenoxy) is 3. The monoisotopic (exact) mass is 1030 g/mol. The Morgan fingerprint density at radius 1 is 0.284 bits per heavy atom. The summed E-state index contributed by atoms with van der Waals surface area (Å²) in [5.41, 5.74) is 0. The summed E-state index contributed by atoms with van der Waals surface area (Å²) in [5, 5.41) is 0. The van der Waals surface area contributed by atoms with Crippen LogP contribution in [0.15, 0.2) is 97.2 Å². The van der Waals surface area contributed by atoms with E-state index in [1.807, 2.05) is 0 Å². The molecular weight excluding hydrogens is 913 g/mol. The number of allylic oxidation sites excluding steroid dienone is 16. The lowest BCUT2D eigenvalue weighted by Crippen LogP contribution is -2.30. The highest BCUT2D eigenvalue weighted by Gasteiger charge is 2.19. The van der Waals surface area contributed by atoms with Crippen molar-refractivity contribution in [2.75, 3.05) is 13.2 Å². The molecule has 0 radical (unpaired) electrons. The first-order valence-electron chi connectivity index (χ1n) is 31.2. The van der Waals surface area contributed by atoms with Crippen molar-refractivity contribution in [2.45, 2.75) is 303 Å². The van der Waals surface area contributed by atoms with E-state index in [1.54, 1.807) is 0 Å².